The highest BCUT2D eigenvalue weighted by molar-refractivity contribution is 8.23. The van der Waals surface area contributed by atoms with Gasteiger partial charge in [-0.2, -0.15) is 4.98 Å². The molecule has 32 nitrogen and oxygen atoms in total. The topological polar surface area (TPSA) is 402 Å². The quantitative estimate of drug-likeness (QED) is 0.00634. The summed E-state index contributed by atoms with van der Waals surface area (Å²) in [4.78, 5) is 159. The first kappa shape index (κ1) is 107. The van der Waals surface area contributed by atoms with Crippen LogP contribution in [0, 0.1) is 19.7 Å². The molecule has 14 heterocycles. The number of esters is 3. The number of hydrogen-bond acceptors (Lipinski definition) is 34. The van der Waals surface area contributed by atoms with Crippen molar-refractivity contribution in [3.8, 4) is 16.5 Å². The summed E-state index contributed by atoms with van der Waals surface area (Å²) in [7, 11) is 4.10. The largest absolute Gasteiger partial charge is 0.465 e. The van der Waals surface area contributed by atoms with Crippen molar-refractivity contribution in [3.63, 3.8) is 0 Å². The normalized spacial score (nSPS) is 15.4. The van der Waals surface area contributed by atoms with E-state index in [1.807, 2.05) is 113 Å². The summed E-state index contributed by atoms with van der Waals surface area (Å²) < 4.78 is 39.0. The van der Waals surface area contributed by atoms with E-state index in [0.717, 1.165) is 204 Å². The lowest BCUT2D eigenvalue weighted by molar-refractivity contribution is 0.0592. The summed E-state index contributed by atoms with van der Waals surface area (Å²) in [5.41, 5.74) is 9.60. The second-order valence-electron chi connectivity index (χ2n) is 36.6. The fourth-order valence-electron chi connectivity index (χ4n) is 17.0. The fourth-order valence-corrected chi connectivity index (χ4v) is 26.0. The van der Waals surface area contributed by atoms with Crippen molar-refractivity contribution in [3.05, 3.63) is 274 Å². The highest BCUT2D eigenvalue weighted by Crippen LogP contribution is 2.47. The molecule has 0 atom stereocenters. The monoisotopic (exact) mass is 2230 g/mol. The minimum atomic E-state index is -0.531. The third kappa shape index (κ3) is 26.0. The molecule has 10 N–H and O–H groups in total. The molecule has 4 aliphatic heterocycles. The molecule has 0 radical (unpaired) electrons. The van der Waals surface area contributed by atoms with Crippen LogP contribution in [0.25, 0.3) is 41.1 Å². The minimum absolute atomic E-state index is 0.0199. The van der Waals surface area contributed by atoms with Gasteiger partial charge in [0.15, 0.2) is 34.2 Å². The Bertz CT molecular complexity index is 7530. The number of carbonyl (C=O) groups excluding carboxylic acids is 8. The number of fused-ring (bicyclic) bond motifs is 8. The summed E-state index contributed by atoms with van der Waals surface area (Å²) in [5, 5.41) is 41.3. The van der Waals surface area contributed by atoms with Crippen LogP contribution in [0.3, 0.4) is 0 Å². The number of halogens is 1. The predicted molar refractivity (Wildman–Crippen MR) is 605 cm³/mol. The molecule has 0 saturated heterocycles. The smallest absolute Gasteiger partial charge is 0.341 e. The lowest BCUT2D eigenvalue weighted by Gasteiger charge is -2.30. The van der Waals surface area contributed by atoms with Gasteiger partial charge in [-0.25, -0.2) is 33.5 Å². The Morgan fingerprint density at radius 2 is 1.05 bits per heavy atom. The number of aromatic nitrogens is 6. The number of methoxy groups -OCH3 is 3. The standard InChI is InChI=1S/C19H18N2O2S2.C17H15N3O2S.C17H14N2O3S.C16H15FN2O3S.C13H17N3O2S2.C13H15N3OS.C11H14N2O2S3/c1-11-12(2)25-17-16(11)18(23)21(14-8-9-14)19(20-17)24-10-15(22)13-6-4-3-5-7-13;21-14(11-4-2-1-3-5-11)10-18-17-19-15-13(8-9-23-15)16(22)20(17)12-6-7-12;20-14(11-4-2-1-3-5-11)10-22-17-18-15-13(8-9-23-15)16(21)19(17)12-6-7-12;1-22-15(20)12-8-13(9-2-4-10(17)5-3-9)23-14(12)19-16(21)18-11-6-7-11;1-18-12(17)10-8-4-5-14-6-9(8)20-11(10)16-13(19)15-7-2-3-7;1-7-15-12-11(13(17)16(7)8-2-3-8)9-4-5-14-6-10(9)18-12;1-15-10(14)8-6-3-4-12-5-7(6)18-9(8)13-11(16)17-2/h3-7,14H,8-10H2,1-2H3;1-5,8-9,12H,6-7,10H2,(H,18,19);1-5,8-9,12H,6-7,10H2;2-5,8,11H,6-7H2,1H3,(H2,18,19,21);7,14H,2-6H2,1H3,(H2,15,16,19);8,14-15H,1-6H2;12H,3-5H2,1-2H3,(H,13,16). The lowest BCUT2D eigenvalue weighted by Crippen LogP contribution is -2.39. The summed E-state index contributed by atoms with van der Waals surface area (Å²) in [6.45, 7) is 13.2. The number of Topliss-reactive ketones (excluding diaryl/α,β-unsaturated/α-hetero) is 3. The Kier molecular flexibility index (Phi) is 35.0. The molecular weight excluding hydrogens is 2120 g/mol. The van der Waals surface area contributed by atoms with E-state index in [0.29, 0.717) is 85.9 Å². The van der Waals surface area contributed by atoms with Gasteiger partial charge in [0.2, 0.25) is 5.95 Å². The van der Waals surface area contributed by atoms with Gasteiger partial charge in [0.05, 0.1) is 72.0 Å². The molecule has 6 aliphatic carbocycles. The third-order valence-corrected chi connectivity index (χ3v) is 35.2. The minimum Gasteiger partial charge on any atom is -0.465 e. The molecule has 0 bridgehead atoms. The summed E-state index contributed by atoms with van der Waals surface area (Å²) in [6.07, 6.45) is 16.9. The first-order valence-electron chi connectivity index (χ1n) is 49.0. The molecule has 0 unspecified atom stereocenters. The Hall–Kier alpha value is -12.4. The number of benzene rings is 4. The molecular formula is C106H108FN17O15S11. The highest BCUT2D eigenvalue weighted by atomic mass is 32.2. The highest BCUT2D eigenvalue weighted by Gasteiger charge is 2.43. The number of aryl methyl sites for hydroxylation is 2. The second-order valence-corrected chi connectivity index (χ2v) is 46.8. The van der Waals surface area contributed by atoms with E-state index < -0.39 is 5.97 Å². The number of thiocarbonyl (C=S) groups is 2. The molecule has 150 heavy (non-hydrogen) atoms. The SMILES string of the molecule is C=C1Nc2sc3c(c2C(=O)N1C1CC1)CCNC3.COC(=O)c1c(NC(=S)NC2CC2)sc2c1CCNC2.COC(=O)c1c(NC(=S)SC)sc2c1CCNC2.COC(=O)c1cc(-c2ccc(F)cc2)sc1NC(=O)NC1CC1.Cc1sc2nc(SCC(=O)c3ccccc3)n(C3CC3)c(=O)c2c1C.O=C(CNc1nc2sccc2c(=O)n1C1CC1)c1ccccc1.O=C(COc1nc2sccc2c(=O)n1C1CC1)c1ccccc1. The molecule has 0 spiro atoms. The zero-order chi connectivity index (χ0) is 105. The van der Waals surface area contributed by atoms with Gasteiger partial charge >= 0.3 is 29.9 Å². The number of nitrogens with zero attached hydrogens (tertiary/aromatic N) is 7. The maximum Gasteiger partial charge on any atom is 0.341 e. The maximum absolute atomic E-state index is 13.0. The zero-order valence-corrected chi connectivity index (χ0v) is 91.6. The third-order valence-electron chi connectivity index (χ3n) is 25.7. The van der Waals surface area contributed by atoms with E-state index in [1.54, 1.807) is 103 Å². The fraction of sp³-hybridized carbons (Fsp3) is 0.340. The molecule has 14 aromatic rings. The van der Waals surface area contributed by atoms with Crippen LogP contribution in [0.1, 0.15) is 209 Å². The number of anilines is 5. The van der Waals surface area contributed by atoms with Crippen molar-refractivity contribution < 1.29 is 61.7 Å². The van der Waals surface area contributed by atoms with Gasteiger partial charge in [0.1, 0.15) is 50.5 Å². The molecule has 6 fully saturated rings. The number of ether oxygens (including phenoxy) is 4. The van der Waals surface area contributed by atoms with E-state index in [2.05, 4.69) is 69.7 Å². The van der Waals surface area contributed by atoms with Gasteiger partial charge < -0.3 is 66.8 Å². The second kappa shape index (κ2) is 48.9. The Morgan fingerprint density at radius 1 is 0.533 bits per heavy atom. The molecule has 780 valence electrons. The van der Waals surface area contributed by atoms with Crippen molar-refractivity contribution in [1.29, 1.82) is 0 Å². The van der Waals surface area contributed by atoms with Crippen molar-refractivity contribution in [1.82, 2.24) is 60.1 Å². The van der Waals surface area contributed by atoms with Crippen LogP contribution in [-0.2, 0) is 53.1 Å². The van der Waals surface area contributed by atoms with E-state index in [9.17, 15) is 57.1 Å². The van der Waals surface area contributed by atoms with Crippen LogP contribution >= 0.6 is 127 Å². The lowest BCUT2D eigenvalue weighted by atomic mass is 10.0. The number of hydrogen-bond donors (Lipinski definition) is 10. The van der Waals surface area contributed by atoms with Crippen LogP contribution in [0.15, 0.2) is 176 Å². The molecule has 3 amide bonds. The van der Waals surface area contributed by atoms with Crippen LogP contribution in [0.4, 0.5) is 35.1 Å². The molecule has 10 aromatic heterocycles. The number of rotatable bonds is 25. The number of thiophene rings is 7. The molecule has 10 aliphatic rings. The van der Waals surface area contributed by atoms with Crippen molar-refractivity contribution >= 4 is 241 Å². The number of thioether (sulfide) groups is 2. The first-order chi connectivity index (χ1) is 72.7. The average Bonchev–Trinajstić information content (AvgIpc) is 1.64. The van der Waals surface area contributed by atoms with Crippen molar-refractivity contribution in [2.24, 2.45) is 0 Å². The van der Waals surface area contributed by atoms with E-state index >= 15 is 0 Å². The van der Waals surface area contributed by atoms with E-state index in [-0.39, 0.29) is 118 Å². The van der Waals surface area contributed by atoms with Gasteiger partial charge in [-0.1, -0.05) is 134 Å². The van der Waals surface area contributed by atoms with Crippen LogP contribution < -0.4 is 74.6 Å². The first-order valence-corrected chi connectivity index (χ1v) is 57.8. The molecule has 6 saturated carbocycles. The summed E-state index contributed by atoms with van der Waals surface area (Å²) in [5.74, 6) is 0.161. The number of urea groups is 1. The Labute approximate surface area is 909 Å². The summed E-state index contributed by atoms with van der Waals surface area (Å²) >= 11 is 23.8. The van der Waals surface area contributed by atoms with Crippen LogP contribution in [0.5, 0.6) is 6.01 Å². The maximum atomic E-state index is 13.0. The van der Waals surface area contributed by atoms with Crippen LogP contribution in [-0.4, -0.2) is 174 Å². The van der Waals surface area contributed by atoms with Gasteiger partial charge in [-0.15, -0.1) is 91.1 Å². The predicted octanol–water partition coefficient (Wildman–Crippen LogP) is 19.9. The molecule has 44 heteroatoms. The zero-order valence-electron chi connectivity index (χ0n) is 82.6. The van der Waals surface area contributed by atoms with Gasteiger partial charge in [-0.05, 0) is 217 Å². The van der Waals surface area contributed by atoms with Gasteiger partial charge in [-0.3, -0.25) is 57.5 Å². The Morgan fingerprint density at radius 3 is 1.60 bits per heavy atom. The van der Waals surface area contributed by atoms with Crippen molar-refractivity contribution in [2.75, 3.05) is 92.7 Å². The van der Waals surface area contributed by atoms with Crippen molar-refractivity contribution in [2.45, 2.75) is 171 Å². The van der Waals surface area contributed by atoms with Gasteiger partial charge in [0, 0.05) is 97.0 Å². The number of ketones is 3. The number of nitrogens with one attached hydrogen (secondary N) is 10. The average molecular weight is 2230 g/mol. The molecule has 4 aromatic carbocycles. The number of amides is 3. The van der Waals surface area contributed by atoms with Gasteiger partial charge in [0.25, 0.3) is 22.6 Å². The van der Waals surface area contributed by atoms with E-state index in [4.69, 9.17) is 48.4 Å². The number of carbonyl (C=O) groups is 8. The molecule has 24 rings (SSSR count). The summed E-state index contributed by atoms with van der Waals surface area (Å²) in [6, 6.07) is 40.1. The van der Waals surface area contributed by atoms with E-state index in [1.165, 1.54) is 111 Å². The van der Waals surface area contributed by atoms with Crippen LogP contribution in [0.2, 0.25) is 0 Å². The Balaban J connectivity index is 0.000000114.